The van der Waals surface area contributed by atoms with Crippen molar-refractivity contribution in [2.24, 2.45) is 0 Å². The Kier molecular flexibility index (Phi) is 3.93. The minimum absolute atomic E-state index is 0.0851. The summed E-state index contributed by atoms with van der Waals surface area (Å²) in [6.07, 6.45) is 0. The number of aromatic nitrogens is 2. The summed E-state index contributed by atoms with van der Waals surface area (Å²) in [6.45, 7) is 0. The minimum Gasteiger partial charge on any atom is -0.403 e. The smallest absolute Gasteiger partial charge is 0.378 e. The van der Waals surface area contributed by atoms with Crippen LogP contribution in [0.25, 0.3) is 11.5 Å². The van der Waals surface area contributed by atoms with Gasteiger partial charge >= 0.3 is 16.8 Å². The zero-order valence-corrected chi connectivity index (χ0v) is 11.5. The first-order valence-electron chi connectivity index (χ1n) is 5.24. The maximum absolute atomic E-state index is 12.6. The van der Waals surface area contributed by atoms with Crippen molar-refractivity contribution in [1.29, 1.82) is 0 Å². The Hall–Kier alpha value is -2.43. The highest BCUT2D eigenvalue weighted by atomic mass is 79.9. The Labute approximate surface area is 123 Å². The van der Waals surface area contributed by atoms with Gasteiger partial charge in [-0.3, -0.25) is 20.2 Å². The lowest BCUT2D eigenvalue weighted by molar-refractivity contribution is -0.384. The first kappa shape index (κ1) is 15.0. The van der Waals surface area contributed by atoms with Gasteiger partial charge < -0.3 is 4.42 Å². The number of benzene rings is 1. The van der Waals surface area contributed by atoms with E-state index in [0.717, 1.165) is 0 Å². The number of nitro groups is 1. The molecule has 0 radical (unpaired) electrons. The van der Waals surface area contributed by atoms with Crippen LogP contribution in [0.4, 0.5) is 20.5 Å². The molecule has 0 bridgehead atoms. The third-order valence-electron chi connectivity index (χ3n) is 2.23. The number of anilines is 1. The van der Waals surface area contributed by atoms with Crippen LogP contribution in [-0.4, -0.2) is 25.9 Å². The number of halogens is 3. The molecular weight excluding hydrogens is 358 g/mol. The third kappa shape index (κ3) is 3.56. The Bertz CT molecular complexity index is 683. The number of hydrogen-bond acceptors (Lipinski definition) is 6. The summed E-state index contributed by atoms with van der Waals surface area (Å²) in [5.74, 6) is -1.75. The summed E-state index contributed by atoms with van der Waals surface area (Å²) < 4.78 is 30.2. The lowest BCUT2D eigenvalue weighted by atomic mass is 10.2. The minimum atomic E-state index is -3.77. The summed E-state index contributed by atoms with van der Waals surface area (Å²) in [5, 5.41) is 19.1. The molecular formula is C10H5BrF2N4O4. The van der Waals surface area contributed by atoms with Crippen LogP contribution in [0.3, 0.4) is 0 Å². The number of carbonyl (C=O) groups is 1. The van der Waals surface area contributed by atoms with Gasteiger partial charge in [0.05, 0.1) is 4.92 Å². The molecule has 2 aromatic rings. The molecule has 1 heterocycles. The van der Waals surface area contributed by atoms with Crippen molar-refractivity contribution in [1.82, 2.24) is 10.2 Å². The van der Waals surface area contributed by atoms with Gasteiger partial charge in [-0.1, -0.05) is 5.10 Å². The van der Waals surface area contributed by atoms with Crippen LogP contribution in [0.15, 0.2) is 28.7 Å². The quantitative estimate of drug-likeness (QED) is 0.508. The van der Waals surface area contributed by atoms with Crippen LogP contribution < -0.4 is 5.32 Å². The Morgan fingerprint density at radius 3 is 2.48 bits per heavy atom. The van der Waals surface area contributed by atoms with Gasteiger partial charge in [-0.05, 0) is 12.1 Å². The standard InChI is InChI=1S/C10H5BrF2N4O4/c11-10(12,13)8(18)14-9-16-15-7(21-9)5-1-3-6(4-2-5)17(19)20/h1-4H,(H,14,16,18). The molecule has 0 aliphatic carbocycles. The van der Waals surface area contributed by atoms with E-state index >= 15 is 0 Å². The molecule has 1 aromatic carbocycles. The molecule has 0 atom stereocenters. The van der Waals surface area contributed by atoms with Gasteiger partial charge in [0, 0.05) is 33.6 Å². The van der Waals surface area contributed by atoms with Crippen molar-refractivity contribution in [3.63, 3.8) is 0 Å². The molecule has 0 saturated carbocycles. The van der Waals surface area contributed by atoms with Crippen molar-refractivity contribution in [3.05, 3.63) is 34.4 Å². The molecule has 0 saturated heterocycles. The van der Waals surface area contributed by atoms with E-state index in [1.807, 2.05) is 15.9 Å². The molecule has 1 N–H and O–H groups in total. The van der Waals surface area contributed by atoms with Gasteiger partial charge in [0.1, 0.15) is 0 Å². The fourth-order valence-corrected chi connectivity index (χ4v) is 1.38. The molecule has 0 unspecified atom stereocenters. The number of rotatable bonds is 4. The molecule has 0 fully saturated rings. The van der Waals surface area contributed by atoms with Gasteiger partial charge in [0.25, 0.3) is 5.69 Å². The third-order valence-corrected chi connectivity index (χ3v) is 2.59. The summed E-state index contributed by atoms with van der Waals surface area (Å²) in [5.41, 5.74) is 0.199. The molecule has 8 nitrogen and oxygen atoms in total. The number of carbonyl (C=O) groups excluding carboxylic acids is 1. The summed E-state index contributed by atoms with van der Waals surface area (Å²) in [4.78, 5) is 17.1. The van der Waals surface area contributed by atoms with E-state index in [-0.39, 0.29) is 11.6 Å². The van der Waals surface area contributed by atoms with E-state index in [0.29, 0.717) is 5.56 Å². The van der Waals surface area contributed by atoms with Crippen molar-refractivity contribution in [2.75, 3.05) is 5.32 Å². The zero-order valence-electron chi connectivity index (χ0n) is 9.92. The first-order valence-corrected chi connectivity index (χ1v) is 6.03. The van der Waals surface area contributed by atoms with Crippen molar-refractivity contribution in [2.45, 2.75) is 4.83 Å². The number of non-ortho nitro benzene ring substituents is 1. The molecule has 0 spiro atoms. The zero-order chi connectivity index (χ0) is 15.6. The molecule has 21 heavy (non-hydrogen) atoms. The van der Waals surface area contributed by atoms with E-state index < -0.39 is 21.7 Å². The summed E-state index contributed by atoms with van der Waals surface area (Å²) in [6, 6.07) is 4.59. The van der Waals surface area contributed by atoms with Crippen LogP contribution in [0.2, 0.25) is 0 Å². The largest absolute Gasteiger partial charge is 0.403 e. The van der Waals surface area contributed by atoms with Crippen molar-refractivity contribution in [3.8, 4) is 11.5 Å². The number of hydrogen-bond donors (Lipinski definition) is 1. The molecule has 2 rings (SSSR count). The van der Waals surface area contributed by atoms with Gasteiger partial charge in [-0.25, -0.2) is 0 Å². The lowest BCUT2D eigenvalue weighted by Crippen LogP contribution is -2.28. The number of amides is 1. The number of nitro benzene ring substituents is 1. The number of alkyl halides is 3. The van der Waals surface area contributed by atoms with Crippen LogP contribution in [0, 0.1) is 10.1 Å². The normalized spacial score (nSPS) is 11.2. The Balaban J connectivity index is 2.16. The molecule has 1 amide bonds. The van der Waals surface area contributed by atoms with Crippen LogP contribution in [-0.2, 0) is 4.79 Å². The first-order chi connectivity index (χ1) is 9.77. The van der Waals surface area contributed by atoms with Crippen molar-refractivity contribution >= 4 is 33.5 Å². The fourth-order valence-electron chi connectivity index (χ4n) is 1.28. The van der Waals surface area contributed by atoms with E-state index in [2.05, 4.69) is 10.2 Å². The topological polar surface area (TPSA) is 111 Å². The van der Waals surface area contributed by atoms with Gasteiger partial charge in [0.15, 0.2) is 0 Å². The maximum atomic E-state index is 12.6. The monoisotopic (exact) mass is 362 g/mol. The van der Waals surface area contributed by atoms with E-state index in [1.54, 1.807) is 5.32 Å². The second-order valence-corrected chi connectivity index (χ2v) is 4.66. The predicted octanol–water partition coefficient (Wildman–Crippen LogP) is 2.57. The highest BCUT2D eigenvalue weighted by Gasteiger charge is 2.36. The fraction of sp³-hybridized carbons (Fsp3) is 0.100. The van der Waals surface area contributed by atoms with Crippen molar-refractivity contribution < 1.29 is 22.9 Å². The lowest BCUT2D eigenvalue weighted by Gasteiger charge is -2.05. The molecule has 0 aliphatic heterocycles. The Morgan fingerprint density at radius 1 is 1.33 bits per heavy atom. The van der Waals surface area contributed by atoms with Gasteiger partial charge in [0.2, 0.25) is 5.89 Å². The molecule has 0 aliphatic rings. The van der Waals surface area contributed by atoms with Crippen LogP contribution >= 0.6 is 15.9 Å². The average Bonchev–Trinajstić information content (AvgIpc) is 2.86. The van der Waals surface area contributed by atoms with E-state index in [9.17, 15) is 23.7 Å². The van der Waals surface area contributed by atoms with Gasteiger partial charge in [-0.15, -0.1) is 5.10 Å². The maximum Gasteiger partial charge on any atom is 0.378 e. The van der Waals surface area contributed by atoms with Gasteiger partial charge in [-0.2, -0.15) is 8.78 Å². The highest BCUT2D eigenvalue weighted by Crippen LogP contribution is 2.25. The summed E-state index contributed by atoms with van der Waals surface area (Å²) >= 11 is 1.88. The number of nitrogens with zero attached hydrogens (tertiary/aromatic N) is 3. The highest BCUT2D eigenvalue weighted by molar-refractivity contribution is 9.10. The second kappa shape index (κ2) is 5.52. The average molecular weight is 363 g/mol. The summed E-state index contributed by atoms with van der Waals surface area (Å²) in [7, 11) is 0. The van der Waals surface area contributed by atoms with Crippen LogP contribution in [0.5, 0.6) is 0 Å². The second-order valence-electron chi connectivity index (χ2n) is 3.67. The molecule has 1 aromatic heterocycles. The number of nitrogens with one attached hydrogen (secondary N) is 1. The van der Waals surface area contributed by atoms with Crippen LogP contribution in [0.1, 0.15) is 0 Å². The van der Waals surface area contributed by atoms with E-state index in [1.165, 1.54) is 24.3 Å². The predicted molar refractivity (Wildman–Crippen MR) is 68.9 cm³/mol. The molecule has 110 valence electrons. The SMILES string of the molecule is O=C(Nc1nnc(-c2ccc([N+](=O)[O-])cc2)o1)C(F)(F)Br. The molecule has 11 heteroatoms. The Morgan fingerprint density at radius 2 is 1.95 bits per heavy atom. The van der Waals surface area contributed by atoms with E-state index in [4.69, 9.17) is 4.42 Å².